The Morgan fingerprint density at radius 2 is 2.06 bits per heavy atom. The van der Waals surface area contributed by atoms with Gasteiger partial charge in [0.25, 0.3) is 0 Å². The summed E-state index contributed by atoms with van der Waals surface area (Å²) in [6, 6.07) is 6.89. The van der Waals surface area contributed by atoms with E-state index in [1.807, 2.05) is 14.0 Å². The molecule has 0 fully saturated rings. The molecular weight excluding hydrogens is 198 g/mol. The highest BCUT2D eigenvalue weighted by Gasteiger charge is 2.12. The Morgan fingerprint density at radius 1 is 1.31 bits per heavy atom. The summed E-state index contributed by atoms with van der Waals surface area (Å²) in [5.74, 6) is 0. The lowest BCUT2D eigenvalue weighted by atomic mass is 9.96. The molecule has 2 nitrogen and oxygen atoms in total. The third kappa shape index (κ3) is 3.32. The predicted molar refractivity (Wildman–Crippen MR) is 68.8 cm³/mol. The van der Waals surface area contributed by atoms with Gasteiger partial charge in [-0.25, -0.2) is 0 Å². The first-order valence-electron chi connectivity index (χ1n) is 6.01. The fourth-order valence-corrected chi connectivity index (χ4v) is 1.95. The summed E-state index contributed by atoms with van der Waals surface area (Å²) < 4.78 is 5.42. The van der Waals surface area contributed by atoms with E-state index in [0.29, 0.717) is 6.04 Å². The summed E-state index contributed by atoms with van der Waals surface area (Å²) >= 11 is 0. The van der Waals surface area contributed by atoms with Gasteiger partial charge in [0.05, 0.1) is 0 Å². The average Bonchev–Trinajstić information content (AvgIpc) is 2.29. The van der Waals surface area contributed by atoms with Crippen LogP contribution in [-0.2, 0) is 4.74 Å². The van der Waals surface area contributed by atoms with E-state index in [2.05, 4.69) is 37.4 Å². The first kappa shape index (κ1) is 13.2. The second kappa shape index (κ2) is 6.66. The van der Waals surface area contributed by atoms with Gasteiger partial charge < -0.3 is 10.1 Å². The first-order valence-corrected chi connectivity index (χ1v) is 6.01. The molecule has 1 N–H and O–H groups in total. The topological polar surface area (TPSA) is 21.3 Å². The highest BCUT2D eigenvalue weighted by atomic mass is 16.5. The Morgan fingerprint density at radius 3 is 2.69 bits per heavy atom. The van der Waals surface area contributed by atoms with Crippen LogP contribution in [0.25, 0.3) is 0 Å². The molecule has 0 aliphatic heterocycles. The van der Waals surface area contributed by atoms with Crippen molar-refractivity contribution in [1.29, 1.82) is 0 Å². The van der Waals surface area contributed by atoms with Gasteiger partial charge in [-0.3, -0.25) is 0 Å². The maximum atomic E-state index is 5.42. The van der Waals surface area contributed by atoms with Gasteiger partial charge in [-0.2, -0.15) is 0 Å². The maximum absolute atomic E-state index is 5.42. The molecular formula is C14H23NO. The van der Waals surface area contributed by atoms with Gasteiger partial charge in [0.2, 0.25) is 0 Å². The summed E-state index contributed by atoms with van der Waals surface area (Å²) in [5, 5.41) is 3.37. The molecule has 0 radical (unpaired) electrons. The zero-order valence-electron chi connectivity index (χ0n) is 10.8. The van der Waals surface area contributed by atoms with Crippen LogP contribution in [0, 0.1) is 13.8 Å². The third-order valence-electron chi connectivity index (χ3n) is 3.13. The summed E-state index contributed by atoms with van der Waals surface area (Å²) in [4.78, 5) is 0. The number of aryl methyl sites for hydroxylation is 1. The lowest BCUT2D eigenvalue weighted by molar-refractivity contribution is 0.137. The molecule has 1 atom stereocenters. The van der Waals surface area contributed by atoms with E-state index in [-0.39, 0.29) is 0 Å². The van der Waals surface area contributed by atoms with Crippen molar-refractivity contribution in [1.82, 2.24) is 5.32 Å². The molecule has 1 aromatic carbocycles. The molecule has 0 heterocycles. The molecule has 1 rings (SSSR count). The number of rotatable bonds is 6. The molecule has 0 aromatic heterocycles. The van der Waals surface area contributed by atoms with Crippen LogP contribution in [0.5, 0.6) is 0 Å². The lowest BCUT2D eigenvalue weighted by Gasteiger charge is -2.19. The highest BCUT2D eigenvalue weighted by molar-refractivity contribution is 5.35. The van der Waals surface area contributed by atoms with E-state index in [1.165, 1.54) is 16.7 Å². The van der Waals surface area contributed by atoms with Crippen LogP contribution in [0.15, 0.2) is 18.2 Å². The molecule has 0 aliphatic rings. The van der Waals surface area contributed by atoms with Gasteiger partial charge in [-0.15, -0.1) is 0 Å². The number of ether oxygens (including phenoxy) is 1. The molecule has 1 aromatic rings. The Labute approximate surface area is 99.0 Å². The lowest BCUT2D eigenvalue weighted by Crippen LogP contribution is -2.19. The van der Waals surface area contributed by atoms with E-state index in [4.69, 9.17) is 4.74 Å². The van der Waals surface area contributed by atoms with Crippen LogP contribution in [0.4, 0.5) is 0 Å². The van der Waals surface area contributed by atoms with E-state index < -0.39 is 0 Å². The molecule has 2 heteroatoms. The van der Waals surface area contributed by atoms with E-state index in [0.717, 1.165) is 19.6 Å². The zero-order valence-corrected chi connectivity index (χ0v) is 10.8. The number of nitrogens with one attached hydrogen (secondary N) is 1. The minimum atomic E-state index is 0.395. The second-order valence-corrected chi connectivity index (χ2v) is 4.12. The largest absolute Gasteiger partial charge is 0.382 e. The van der Waals surface area contributed by atoms with Crippen LogP contribution in [0.3, 0.4) is 0 Å². The number of benzene rings is 1. The summed E-state index contributed by atoms with van der Waals surface area (Å²) in [7, 11) is 2.01. The Bertz CT molecular complexity index is 323. The molecule has 0 bridgehead atoms. The average molecular weight is 221 g/mol. The molecule has 16 heavy (non-hydrogen) atoms. The molecule has 1 unspecified atom stereocenters. The Kier molecular flexibility index (Phi) is 5.50. The van der Waals surface area contributed by atoms with E-state index >= 15 is 0 Å². The van der Waals surface area contributed by atoms with Crippen LogP contribution < -0.4 is 5.32 Å². The first-order chi connectivity index (χ1) is 7.70. The molecule has 90 valence electrons. The number of hydrogen-bond acceptors (Lipinski definition) is 2. The quantitative estimate of drug-likeness (QED) is 0.746. The standard InChI is InChI=1S/C14H23NO/c1-5-16-10-9-14(15-4)13-8-6-7-11(2)12(13)3/h6-8,14-15H,5,9-10H2,1-4H3. The van der Waals surface area contributed by atoms with Gasteiger partial charge in [-0.05, 0) is 50.9 Å². The van der Waals surface area contributed by atoms with Crippen molar-refractivity contribution in [3.63, 3.8) is 0 Å². The van der Waals surface area contributed by atoms with E-state index in [1.54, 1.807) is 0 Å². The van der Waals surface area contributed by atoms with E-state index in [9.17, 15) is 0 Å². The monoisotopic (exact) mass is 221 g/mol. The van der Waals surface area contributed by atoms with Gasteiger partial charge in [-0.1, -0.05) is 18.2 Å². The summed E-state index contributed by atoms with van der Waals surface area (Å²) in [5.41, 5.74) is 4.13. The fourth-order valence-electron chi connectivity index (χ4n) is 1.95. The highest BCUT2D eigenvalue weighted by Crippen LogP contribution is 2.22. The molecule has 0 aliphatic carbocycles. The van der Waals surface area contributed by atoms with Crippen LogP contribution >= 0.6 is 0 Å². The van der Waals surface area contributed by atoms with Crippen molar-refractivity contribution in [2.45, 2.75) is 33.2 Å². The predicted octanol–water partition coefficient (Wildman–Crippen LogP) is 2.99. The third-order valence-corrected chi connectivity index (χ3v) is 3.13. The van der Waals surface area contributed by atoms with Crippen LogP contribution in [0.1, 0.15) is 36.1 Å². The summed E-state index contributed by atoms with van der Waals surface area (Å²) in [6.07, 6.45) is 1.02. The van der Waals surface area contributed by atoms with Crippen LogP contribution in [0.2, 0.25) is 0 Å². The van der Waals surface area contributed by atoms with Gasteiger partial charge in [0, 0.05) is 19.3 Å². The Hall–Kier alpha value is -0.860. The van der Waals surface area contributed by atoms with Gasteiger partial charge in [0.1, 0.15) is 0 Å². The SMILES string of the molecule is CCOCCC(NC)c1cccc(C)c1C. The van der Waals surface area contributed by atoms with Crippen molar-refractivity contribution in [2.24, 2.45) is 0 Å². The van der Waals surface area contributed by atoms with Crippen molar-refractivity contribution in [3.05, 3.63) is 34.9 Å². The van der Waals surface area contributed by atoms with Crippen molar-refractivity contribution in [3.8, 4) is 0 Å². The fraction of sp³-hybridized carbons (Fsp3) is 0.571. The minimum absolute atomic E-state index is 0.395. The molecule has 0 saturated heterocycles. The van der Waals surface area contributed by atoms with Crippen molar-refractivity contribution < 1.29 is 4.74 Å². The Balaban J connectivity index is 2.74. The normalized spacial score (nSPS) is 12.8. The number of hydrogen-bond donors (Lipinski definition) is 1. The molecule has 0 spiro atoms. The molecule has 0 amide bonds. The maximum Gasteiger partial charge on any atom is 0.0484 e. The zero-order chi connectivity index (χ0) is 12.0. The van der Waals surface area contributed by atoms with Crippen molar-refractivity contribution in [2.75, 3.05) is 20.3 Å². The van der Waals surface area contributed by atoms with Crippen molar-refractivity contribution >= 4 is 0 Å². The minimum Gasteiger partial charge on any atom is -0.382 e. The summed E-state index contributed by atoms with van der Waals surface area (Å²) in [6.45, 7) is 7.99. The van der Waals surface area contributed by atoms with Gasteiger partial charge in [0.15, 0.2) is 0 Å². The smallest absolute Gasteiger partial charge is 0.0484 e. The second-order valence-electron chi connectivity index (χ2n) is 4.12. The molecule has 0 saturated carbocycles. The van der Waals surface area contributed by atoms with Gasteiger partial charge >= 0.3 is 0 Å². The van der Waals surface area contributed by atoms with Crippen LogP contribution in [-0.4, -0.2) is 20.3 Å².